The van der Waals surface area contributed by atoms with Gasteiger partial charge in [-0.3, -0.25) is 4.67 Å². The highest BCUT2D eigenvalue weighted by Crippen LogP contribution is 2.50. The molecule has 0 aliphatic rings. The molecule has 1 heterocycles. The van der Waals surface area contributed by atoms with E-state index >= 15 is 0 Å². The molecule has 0 amide bonds. The van der Waals surface area contributed by atoms with Gasteiger partial charge in [0.05, 0.1) is 11.7 Å². The third kappa shape index (κ3) is 4.77. The normalized spacial score (nSPS) is 11.5. The summed E-state index contributed by atoms with van der Waals surface area (Å²) in [4.78, 5) is 0. The third-order valence-electron chi connectivity index (χ3n) is 8.64. The van der Waals surface area contributed by atoms with E-state index in [-0.39, 0.29) is 6.04 Å². The maximum atomic E-state index is 7.29. The second-order valence-corrected chi connectivity index (χ2v) is 12.8. The maximum Gasteiger partial charge on any atom is 0.342 e. The fourth-order valence-corrected chi connectivity index (χ4v) is 8.37. The number of aryl methyl sites for hydroxylation is 2. The van der Waals surface area contributed by atoms with Gasteiger partial charge in [-0.15, -0.1) is 0 Å². The largest absolute Gasteiger partial charge is 0.403 e. The van der Waals surface area contributed by atoms with Crippen molar-refractivity contribution in [1.82, 2.24) is 0 Å². The summed E-state index contributed by atoms with van der Waals surface area (Å²) < 4.78 is 16.9. The van der Waals surface area contributed by atoms with E-state index in [4.69, 9.17) is 8.39 Å². The highest BCUT2D eigenvalue weighted by atomic mass is 31.1. The monoisotopic (exact) mass is 601 g/mol. The Morgan fingerprint density at radius 2 is 0.889 bits per heavy atom. The van der Waals surface area contributed by atoms with Gasteiger partial charge in [0.15, 0.2) is 0 Å². The van der Waals surface area contributed by atoms with Crippen LogP contribution in [-0.2, 0) is 0 Å². The van der Waals surface area contributed by atoms with Crippen molar-refractivity contribution in [2.45, 2.75) is 19.9 Å². The Balaban J connectivity index is 1.58. The first-order valence-electron chi connectivity index (χ1n) is 15.3. The van der Waals surface area contributed by atoms with Gasteiger partial charge in [0, 0.05) is 10.8 Å². The molecular weight excluding hydrogens is 569 g/mol. The molecule has 7 aromatic carbocycles. The van der Waals surface area contributed by atoms with E-state index in [1.165, 1.54) is 10.8 Å². The van der Waals surface area contributed by atoms with Gasteiger partial charge in [0.2, 0.25) is 0 Å². The first-order valence-corrected chi connectivity index (χ1v) is 16.5. The average Bonchev–Trinajstić information content (AvgIpc) is 3.27. The molecule has 3 nitrogen and oxygen atoms in total. The van der Waals surface area contributed by atoms with Crippen LogP contribution in [-0.4, -0.2) is 0 Å². The predicted molar refractivity (Wildman–Crippen MR) is 190 cm³/mol. The van der Waals surface area contributed by atoms with Crippen molar-refractivity contribution in [2.24, 2.45) is 0 Å². The maximum absolute atomic E-state index is 7.29. The highest BCUT2D eigenvalue weighted by Gasteiger charge is 2.29. The van der Waals surface area contributed by atoms with Crippen molar-refractivity contribution in [2.75, 3.05) is 4.67 Å². The molecule has 4 heteroatoms. The van der Waals surface area contributed by atoms with Gasteiger partial charge in [0.25, 0.3) is 0 Å². The molecule has 0 spiro atoms. The number of rotatable bonds is 5. The Hall–Kier alpha value is -5.24. The second kappa shape index (κ2) is 11.4. The van der Waals surface area contributed by atoms with Gasteiger partial charge in [-0.05, 0) is 81.9 Å². The molecule has 0 aliphatic carbocycles. The summed E-state index contributed by atoms with van der Waals surface area (Å²) in [5.41, 5.74) is 7.27. The van der Waals surface area contributed by atoms with Gasteiger partial charge in [-0.1, -0.05) is 127 Å². The molecule has 0 unspecified atom stereocenters. The lowest BCUT2D eigenvalue weighted by molar-refractivity contribution is 0.622. The summed E-state index contributed by atoms with van der Waals surface area (Å²) in [5, 5.41) is 6.87. The number of nitrogens with zero attached hydrogens (tertiary/aromatic N) is 1. The molecule has 0 radical (unpaired) electrons. The summed E-state index contributed by atoms with van der Waals surface area (Å²) in [7, 11) is -1.71. The van der Waals surface area contributed by atoms with Crippen molar-refractivity contribution in [3.63, 3.8) is 0 Å². The lowest BCUT2D eigenvalue weighted by atomic mass is 9.95. The van der Waals surface area contributed by atoms with Crippen LogP contribution in [0.2, 0.25) is 0 Å². The van der Waals surface area contributed by atoms with Crippen LogP contribution in [0.15, 0.2) is 160 Å². The van der Waals surface area contributed by atoms with Crippen LogP contribution < -0.4 is 4.67 Å². The third-order valence-corrected chi connectivity index (χ3v) is 10.1. The summed E-state index contributed by atoms with van der Waals surface area (Å²) in [5.74, 6) is 0. The van der Waals surface area contributed by atoms with Gasteiger partial charge in [-0.25, -0.2) is 0 Å². The van der Waals surface area contributed by atoms with E-state index in [2.05, 4.69) is 170 Å². The molecule has 0 atom stereocenters. The van der Waals surface area contributed by atoms with Crippen LogP contribution in [0.5, 0.6) is 0 Å². The van der Waals surface area contributed by atoms with Crippen molar-refractivity contribution in [1.29, 1.82) is 0 Å². The Morgan fingerprint density at radius 1 is 0.489 bits per heavy atom. The predicted octanol–water partition coefficient (Wildman–Crippen LogP) is 12.3. The molecule has 0 saturated heterocycles. The Bertz CT molecular complexity index is 2210. The summed E-state index contributed by atoms with van der Waals surface area (Å²) in [6, 6.07) is 53.4. The smallest absolute Gasteiger partial charge is 0.342 e. The molecule has 0 saturated carbocycles. The molecule has 8 aromatic rings. The van der Waals surface area contributed by atoms with Crippen molar-refractivity contribution >= 4 is 57.3 Å². The second-order valence-electron chi connectivity index (χ2n) is 11.6. The number of para-hydroxylation sites is 1. The van der Waals surface area contributed by atoms with E-state index in [1.54, 1.807) is 0 Å². The molecule has 0 aliphatic heterocycles. The minimum Gasteiger partial charge on any atom is -0.403 e. The fourth-order valence-electron chi connectivity index (χ4n) is 6.60. The molecule has 1 aromatic heterocycles. The number of fused-ring (bicyclic) bond motifs is 7. The summed E-state index contributed by atoms with van der Waals surface area (Å²) in [6.45, 7) is 4.31. The van der Waals surface area contributed by atoms with Crippen LogP contribution in [0.1, 0.15) is 28.3 Å². The Labute approximate surface area is 263 Å². The van der Waals surface area contributed by atoms with Crippen LogP contribution >= 0.6 is 8.16 Å². The van der Waals surface area contributed by atoms with Crippen molar-refractivity contribution < 1.29 is 8.39 Å². The SMILES string of the molecule is Cc1cc2ccccc2c2c1op(N(c1ccccc1)C(c1ccccc1)c1ccccc1)oc1c(C)cc3ccccc3c12. The fraction of sp³-hybridized carbons (Fsp3) is 0.0732. The standard InChI is InChI=1S/C41H32NO2P/c1-28-26-32-20-12-14-24-35(32)37-38-36-25-15-13-21-33(36)27-29(2)41(38)44-45(43-40(28)37)42(34-22-10-5-11-23-34)39(30-16-6-3-7-17-30)31-18-8-4-9-19-31/h3-27,39H,1-2H3. The minimum absolute atomic E-state index is 0.160. The van der Waals surface area contributed by atoms with E-state index in [1.807, 2.05) is 0 Å². The first-order chi connectivity index (χ1) is 22.2. The van der Waals surface area contributed by atoms with Crippen LogP contribution in [0.3, 0.4) is 0 Å². The number of anilines is 1. The van der Waals surface area contributed by atoms with Crippen LogP contribution in [0.25, 0.3) is 43.5 Å². The number of benzene rings is 7. The van der Waals surface area contributed by atoms with E-state index in [0.717, 1.165) is 60.7 Å². The average molecular weight is 602 g/mol. The van der Waals surface area contributed by atoms with Crippen molar-refractivity contribution in [3.05, 3.63) is 174 Å². The van der Waals surface area contributed by atoms with E-state index < -0.39 is 8.16 Å². The van der Waals surface area contributed by atoms with Gasteiger partial charge in [0.1, 0.15) is 11.2 Å². The minimum atomic E-state index is -1.71. The quantitative estimate of drug-likeness (QED) is 0.197. The number of hydrogen-bond acceptors (Lipinski definition) is 3. The Kier molecular flexibility index (Phi) is 6.89. The number of hydrogen-bond donors (Lipinski definition) is 0. The molecule has 0 fully saturated rings. The Morgan fingerprint density at radius 3 is 1.36 bits per heavy atom. The summed E-state index contributed by atoms with van der Waals surface area (Å²) >= 11 is 0. The molecule has 45 heavy (non-hydrogen) atoms. The molecule has 8 rings (SSSR count). The van der Waals surface area contributed by atoms with Crippen molar-refractivity contribution in [3.8, 4) is 0 Å². The lowest BCUT2D eigenvalue weighted by Gasteiger charge is -2.31. The van der Waals surface area contributed by atoms with E-state index in [0.29, 0.717) is 0 Å². The lowest BCUT2D eigenvalue weighted by Crippen LogP contribution is -2.22. The zero-order valence-electron chi connectivity index (χ0n) is 25.2. The highest BCUT2D eigenvalue weighted by molar-refractivity contribution is 7.39. The molecule has 0 bridgehead atoms. The van der Waals surface area contributed by atoms with Crippen LogP contribution in [0.4, 0.5) is 5.69 Å². The zero-order valence-corrected chi connectivity index (χ0v) is 26.1. The zero-order chi connectivity index (χ0) is 30.3. The van der Waals surface area contributed by atoms with Gasteiger partial charge in [-0.2, -0.15) is 0 Å². The first kappa shape index (κ1) is 27.3. The molecule has 218 valence electrons. The molecule has 0 N–H and O–H groups in total. The van der Waals surface area contributed by atoms with Gasteiger partial charge >= 0.3 is 8.16 Å². The van der Waals surface area contributed by atoms with Gasteiger partial charge < -0.3 is 8.39 Å². The van der Waals surface area contributed by atoms with E-state index in [9.17, 15) is 0 Å². The van der Waals surface area contributed by atoms with Crippen LogP contribution in [0, 0.1) is 13.8 Å². The summed E-state index contributed by atoms with van der Waals surface area (Å²) in [6.07, 6.45) is 0. The molecular formula is C41H32NO2P. The topological polar surface area (TPSA) is 29.5 Å².